The minimum Gasteiger partial charge on any atom is -0.393 e. The average molecular weight is 290 g/mol. The number of aliphatic hydroxyl groups excluding tert-OH is 1. The lowest BCUT2D eigenvalue weighted by Gasteiger charge is -2.18. The second kappa shape index (κ2) is 5.17. The van der Waals surface area contributed by atoms with Gasteiger partial charge in [-0.1, -0.05) is 23.7 Å². The maximum Gasteiger partial charge on any atom is 0.244 e. The molecular formula is C12H16ClNO3S. The largest absolute Gasteiger partial charge is 0.393 e. The fourth-order valence-corrected chi connectivity index (χ4v) is 4.16. The van der Waals surface area contributed by atoms with E-state index in [1.807, 2.05) is 0 Å². The fraction of sp³-hybridized carbons (Fsp3) is 0.500. The van der Waals surface area contributed by atoms with Crippen molar-refractivity contribution in [1.29, 1.82) is 0 Å². The van der Waals surface area contributed by atoms with Crippen molar-refractivity contribution in [3.8, 4) is 0 Å². The van der Waals surface area contributed by atoms with Crippen LogP contribution in [0.2, 0.25) is 5.02 Å². The molecule has 6 heteroatoms. The summed E-state index contributed by atoms with van der Waals surface area (Å²) in [6.45, 7) is 2.48. The molecule has 0 spiro atoms. The van der Waals surface area contributed by atoms with Crippen LogP contribution in [0.4, 0.5) is 0 Å². The van der Waals surface area contributed by atoms with Crippen molar-refractivity contribution in [2.45, 2.75) is 24.3 Å². The minimum absolute atomic E-state index is 0.00210. The van der Waals surface area contributed by atoms with Crippen LogP contribution in [0.25, 0.3) is 0 Å². The normalized spacial score (nSPS) is 23.2. The molecule has 1 aromatic rings. The van der Waals surface area contributed by atoms with Crippen LogP contribution in [0, 0.1) is 5.92 Å². The molecule has 100 valence electrons. The summed E-state index contributed by atoms with van der Waals surface area (Å²) in [5, 5.41) is 9.75. The van der Waals surface area contributed by atoms with Crippen molar-refractivity contribution in [3.63, 3.8) is 0 Å². The van der Waals surface area contributed by atoms with Crippen LogP contribution in [0.15, 0.2) is 29.2 Å². The van der Waals surface area contributed by atoms with Gasteiger partial charge in [0.1, 0.15) is 4.90 Å². The molecule has 0 saturated carbocycles. The van der Waals surface area contributed by atoms with Gasteiger partial charge in [0, 0.05) is 13.1 Å². The molecule has 0 aliphatic carbocycles. The van der Waals surface area contributed by atoms with E-state index < -0.39 is 16.1 Å². The number of hydrogen-bond acceptors (Lipinski definition) is 3. The van der Waals surface area contributed by atoms with Gasteiger partial charge in [-0.05, 0) is 31.4 Å². The first-order valence-corrected chi connectivity index (χ1v) is 7.67. The first-order valence-electron chi connectivity index (χ1n) is 5.85. The van der Waals surface area contributed by atoms with Crippen molar-refractivity contribution >= 4 is 21.6 Å². The summed E-state index contributed by atoms with van der Waals surface area (Å²) in [6, 6.07) is 6.43. The smallest absolute Gasteiger partial charge is 0.244 e. The number of benzene rings is 1. The van der Waals surface area contributed by atoms with Crippen LogP contribution in [-0.2, 0) is 10.0 Å². The highest BCUT2D eigenvalue weighted by atomic mass is 35.5. The Labute approximate surface area is 112 Å². The molecule has 1 fully saturated rings. The number of nitrogens with zero attached hydrogens (tertiary/aromatic N) is 1. The molecule has 0 bridgehead atoms. The zero-order valence-corrected chi connectivity index (χ0v) is 11.7. The van der Waals surface area contributed by atoms with Gasteiger partial charge in [-0.3, -0.25) is 0 Å². The molecular weight excluding hydrogens is 274 g/mol. The van der Waals surface area contributed by atoms with Crippen molar-refractivity contribution in [1.82, 2.24) is 4.31 Å². The Hall–Kier alpha value is -0.620. The van der Waals surface area contributed by atoms with Crippen LogP contribution >= 0.6 is 11.6 Å². The van der Waals surface area contributed by atoms with Crippen molar-refractivity contribution in [2.24, 2.45) is 5.92 Å². The summed E-state index contributed by atoms with van der Waals surface area (Å²) in [5.74, 6) is 0.00210. The highest BCUT2D eigenvalue weighted by Crippen LogP contribution is 2.29. The maximum absolute atomic E-state index is 12.4. The third-order valence-corrected chi connectivity index (χ3v) is 5.69. The molecule has 2 unspecified atom stereocenters. The first-order chi connectivity index (χ1) is 8.43. The third-order valence-electron chi connectivity index (χ3n) is 3.32. The summed E-state index contributed by atoms with van der Waals surface area (Å²) in [4.78, 5) is 0.137. The number of aliphatic hydroxyl groups is 1. The lowest BCUT2D eigenvalue weighted by molar-refractivity contribution is 0.133. The van der Waals surface area contributed by atoms with Gasteiger partial charge in [-0.25, -0.2) is 8.42 Å². The predicted molar refractivity (Wildman–Crippen MR) is 70.0 cm³/mol. The topological polar surface area (TPSA) is 57.6 Å². The molecule has 0 aromatic heterocycles. The van der Waals surface area contributed by atoms with E-state index in [4.69, 9.17) is 11.6 Å². The zero-order chi connectivity index (χ0) is 13.3. The van der Waals surface area contributed by atoms with Crippen LogP contribution in [0.5, 0.6) is 0 Å². The lowest BCUT2D eigenvalue weighted by atomic mass is 10.0. The predicted octanol–water partition coefficient (Wildman–Crippen LogP) is 1.73. The standard InChI is InChI=1S/C12H16ClNO3S/c1-9(15)10-6-7-14(8-10)18(16,17)12-5-3-2-4-11(12)13/h2-5,9-10,15H,6-8H2,1H3. The molecule has 2 rings (SSSR count). The van der Waals surface area contributed by atoms with Gasteiger partial charge < -0.3 is 5.11 Å². The monoisotopic (exact) mass is 289 g/mol. The highest BCUT2D eigenvalue weighted by molar-refractivity contribution is 7.89. The molecule has 1 N–H and O–H groups in total. The first kappa shape index (κ1) is 13.8. The molecule has 0 amide bonds. The second-order valence-corrected chi connectivity index (χ2v) is 6.90. The molecule has 1 aliphatic rings. The van der Waals surface area contributed by atoms with Crippen molar-refractivity contribution in [2.75, 3.05) is 13.1 Å². The average Bonchev–Trinajstić information content (AvgIpc) is 2.79. The van der Waals surface area contributed by atoms with Gasteiger partial charge in [0.2, 0.25) is 10.0 Å². The lowest BCUT2D eigenvalue weighted by Crippen LogP contribution is -2.30. The Morgan fingerprint density at radius 1 is 1.44 bits per heavy atom. The van der Waals surface area contributed by atoms with Crippen LogP contribution < -0.4 is 0 Å². The number of rotatable bonds is 3. The SMILES string of the molecule is CC(O)C1CCN(S(=O)(=O)c2ccccc2Cl)C1. The fourth-order valence-electron chi connectivity index (χ4n) is 2.16. The van der Waals surface area contributed by atoms with Gasteiger partial charge in [0.15, 0.2) is 0 Å². The van der Waals surface area contributed by atoms with Gasteiger partial charge in [-0.15, -0.1) is 0 Å². The Balaban J connectivity index is 2.26. The zero-order valence-electron chi connectivity index (χ0n) is 10.1. The van der Waals surface area contributed by atoms with Crippen LogP contribution in [0.1, 0.15) is 13.3 Å². The third kappa shape index (κ3) is 2.54. The summed E-state index contributed by atoms with van der Waals surface area (Å²) in [6.07, 6.45) is 0.192. The maximum atomic E-state index is 12.4. The molecule has 2 atom stereocenters. The summed E-state index contributed by atoms with van der Waals surface area (Å²) >= 11 is 5.93. The van der Waals surface area contributed by atoms with E-state index in [1.165, 1.54) is 10.4 Å². The van der Waals surface area contributed by atoms with Gasteiger partial charge in [-0.2, -0.15) is 4.31 Å². The number of sulfonamides is 1. The Bertz CT molecular complexity index is 530. The number of halogens is 1. The van der Waals surface area contributed by atoms with Crippen LogP contribution in [-0.4, -0.2) is 37.0 Å². The van der Waals surface area contributed by atoms with E-state index in [2.05, 4.69) is 0 Å². The van der Waals surface area contributed by atoms with E-state index in [0.717, 1.165) is 0 Å². The van der Waals surface area contributed by atoms with Gasteiger partial charge >= 0.3 is 0 Å². The second-order valence-electron chi connectivity index (χ2n) is 4.58. The van der Waals surface area contributed by atoms with Gasteiger partial charge in [0.05, 0.1) is 11.1 Å². The molecule has 4 nitrogen and oxygen atoms in total. The Morgan fingerprint density at radius 2 is 2.11 bits per heavy atom. The molecule has 1 aromatic carbocycles. The molecule has 1 aliphatic heterocycles. The van der Waals surface area contributed by atoms with E-state index >= 15 is 0 Å². The minimum atomic E-state index is -3.55. The Morgan fingerprint density at radius 3 is 2.67 bits per heavy atom. The Kier molecular flexibility index (Phi) is 3.96. The molecule has 1 heterocycles. The molecule has 0 radical (unpaired) electrons. The quantitative estimate of drug-likeness (QED) is 0.922. The van der Waals surface area contributed by atoms with E-state index in [-0.39, 0.29) is 15.8 Å². The van der Waals surface area contributed by atoms with Crippen molar-refractivity contribution < 1.29 is 13.5 Å². The summed E-state index contributed by atoms with van der Waals surface area (Å²) in [7, 11) is -3.55. The number of hydrogen-bond donors (Lipinski definition) is 1. The van der Waals surface area contributed by atoms with E-state index in [0.29, 0.717) is 19.5 Å². The summed E-state index contributed by atoms with van der Waals surface area (Å²) < 4.78 is 26.2. The van der Waals surface area contributed by atoms with E-state index in [1.54, 1.807) is 25.1 Å². The molecule has 1 saturated heterocycles. The van der Waals surface area contributed by atoms with Crippen molar-refractivity contribution in [3.05, 3.63) is 29.3 Å². The van der Waals surface area contributed by atoms with E-state index in [9.17, 15) is 13.5 Å². The highest BCUT2D eigenvalue weighted by Gasteiger charge is 2.35. The van der Waals surface area contributed by atoms with Crippen LogP contribution in [0.3, 0.4) is 0 Å². The molecule has 18 heavy (non-hydrogen) atoms. The van der Waals surface area contributed by atoms with Gasteiger partial charge in [0.25, 0.3) is 0 Å². The summed E-state index contributed by atoms with van der Waals surface area (Å²) in [5.41, 5.74) is 0.